The van der Waals surface area contributed by atoms with E-state index in [1.807, 2.05) is 0 Å². The van der Waals surface area contributed by atoms with Gasteiger partial charge in [-0.1, -0.05) is 51.0 Å². The van der Waals surface area contributed by atoms with Gasteiger partial charge < -0.3 is 10.5 Å². The first-order valence-electron chi connectivity index (χ1n) is 7.65. The van der Waals surface area contributed by atoms with E-state index in [4.69, 9.17) is 10.5 Å². The van der Waals surface area contributed by atoms with Crippen LogP contribution in [0, 0.1) is 5.92 Å². The van der Waals surface area contributed by atoms with Crippen LogP contribution in [0.2, 0.25) is 0 Å². The molecule has 0 saturated heterocycles. The van der Waals surface area contributed by atoms with Crippen molar-refractivity contribution in [1.82, 2.24) is 0 Å². The number of ether oxygens (including phenoxy) is 1. The third kappa shape index (κ3) is 4.32. The lowest BCUT2D eigenvalue weighted by Gasteiger charge is -2.28. The number of hydrogen-bond acceptors (Lipinski definition) is 2. The van der Waals surface area contributed by atoms with Crippen LogP contribution in [0.25, 0.3) is 0 Å². The van der Waals surface area contributed by atoms with Gasteiger partial charge in [0.15, 0.2) is 0 Å². The second-order valence-electron chi connectivity index (χ2n) is 5.93. The number of rotatable bonds is 5. The molecule has 0 amide bonds. The lowest BCUT2D eigenvalue weighted by molar-refractivity contribution is 0.00851. The van der Waals surface area contributed by atoms with Gasteiger partial charge in [-0.25, -0.2) is 0 Å². The zero-order chi connectivity index (χ0) is 13.7. The van der Waals surface area contributed by atoms with E-state index >= 15 is 0 Å². The smallest absolute Gasteiger partial charge is 0.0663 e. The number of benzene rings is 1. The number of aryl methyl sites for hydroxylation is 1. The third-order valence-corrected chi connectivity index (χ3v) is 4.22. The van der Waals surface area contributed by atoms with Crippen molar-refractivity contribution in [3.8, 4) is 0 Å². The van der Waals surface area contributed by atoms with Crippen LogP contribution >= 0.6 is 0 Å². The molecule has 2 heteroatoms. The molecule has 2 N–H and O–H groups in total. The predicted molar refractivity (Wildman–Crippen MR) is 80.1 cm³/mol. The first-order valence-corrected chi connectivity index (χ1v) is 7.65. The van der Waals surface area contributed by atoms with E-state index in [9.17, 15) is 0 Å². The van der Waals surface area contributed by atoms with E-state index in [0.29, 0.717) is 12.7 Å². The first-order chi connectivity index (χ1) is 9.19. The standard InChI is InChI=1S/C17H27NO/c1-3-14-7-9-15(10-8-14)17(18)12-19-16-6-4-5-13(2)11-16/h7-10,13,16-17H,3-6,11-12,18H2,1-2H3. The lowest BCUT2D eigenvalue weighted by Crippen LogP contribution is -2.26. The van der Waals surface area contributed by atoms with E-state index in [1.54, 1.807) is 0 Å². The summed E-state index contributed by atoms with van der Waals surface area (Å²) < 4.78 is 6.00. The molecule has 3 atom stereocenters. The van der Waals surface area contributed by atoms with Crippen molar-refractivity contribution in [1.29, 1.82) is 0 Å². The van der Waals surface area contributed by atoms with Crippen molar-refractivity contribution in [3.63, 3.8) is 0 Å². The highest BCUT2D eigenvalue weighted by atomic mass is 16.5. The van der Waals surface area contributed by atoms with Crippen LogP contribution in [-0.4, -0.2) is 12.7 Å². The molecule has 1 fully saturated rings. The van der Waals surface area contributed by atoms with Gasteiger partial charge >= 0.3 is 0 Å². The molecule has 0 aliphatic heterocycles. The summed E-state index contributed by atoms with van der Waals surface area (Å²) in [7, 11) is 0. The van der Waals surface area contributed by atoms with Crippen LogP contribution < -0.4 is 5.73 Å². The third-order valence-electron chi connectivity index (χ3n) is 4.22. The Labute approximate surface area is 117 Å². The van der Waals surface area contributed by atoms with E-state index in [2.05, 4.69) is 38.1 Å². The van der Waals surface area contributed by atoms with Gasteiger partial charge in [0.05, 0.1) is 18.8 Å². The summed E-state index contributed by atoms with van der Waals surface area (Å²) in [6.07, 6.45) is 6.54. The zero-order valence-corrected chi connectivity index (χ0v) is 12.3. The van der Waals surface area contributed by atoms with Gasteiger partial charge in [0.1, 0.15) is 0 Å². The summed E-state index contributed by atoms with van der Waals surface area (Å²) in [5.74, 6) is 0.804. The molecule has 0 aromatic heterocycles. The molecular weight excluding hydrogens is 234 g/mol. The highest BCUT2D eigenvalue weighted by Gasteiger charge is 2.20. The zero-order valence-electron chi connectivity index (χ0n) is 12.3. The molecule has 0 radical (unpaired) electrons. The van der Waals surface area contributed by atoms with Crippen LogP contribution in [0.4, 0.5) is 0 Å². The van der Waals surface area contributed by atoms with Crippen LogP contribution in [0.5, 0.6) is 0 Å². The molecule has 1 aliphatic carbocycles. The largest absolute Gasteiger partial charge is 0.376 e. The Hall–Kier alpha value is -0.860. The van der Waals surface area contributed by atoms with Gasteiger partial charge in [-0.3, -0.25) is 0 Å². The van der Waals surface area contributed by atoms with Gasteiger partial charge in [0.2, 0.25) is 0 Å². The molecule has 0 heterocycles. The topological polar surface area (TPSA) is 35.2 Å². The molecule has 106 valence electrons. The maximum atomic E-state index is 6.21. The quantitative estimate of drug-likeness (QED) is 0.874. The van der Waals surface area contributed by atoms with Crippen molar-refractivity contribution < 1.29 is 4.74 Å². The minimum absolute atomic E-state index is 0.00291. The Morgan fingerprint density at radius 1 is 1.26 bits per heavy atom. The van der Waals surface area contributed by atoms with Crippen LogP contribution in [-0.2, 0) is 11.2 Å². The normalized spacial score (nSPS) is 25.2. The van der Waals surface area contributed by atoms with Crippen LogP contribution in [0.15, 0.2) is 24.3 Å². The molecule has 19 heavy (non-hydrogen) atoms. The Kier molecular flexibility index (Phi) is 5.41. The summed E-state index contributed by atoms with van der Waals surface area (Å²) in [6, 6.07) is 8.60. The van der Waals surface area contributed by atoms with Crippen molar-refractivity contribution >= 4 is 0 Å². The Morgan fingerprint density at radius 2 is 2.00 bits per heavy atom. The SMILES string of the molecule is CCc1ccc(C(N)COC2CCCC(C)C2)cc1. The molecule has 3 unspecified atom stereocenters. The van der Waals surface area contributed by atoms with Gasteiger partial charge in [0.25, 0.3) is 0 Å². The fraction of sp³-hybridized carbons (Fsp3) is 0.647. The van der Waals surface area contributed by atoms with Crippen LogP contribution in [0.1, 0.15) is 56.7 Å². The molecule has 2 rings (SSSR count). The molecule has 0 bridgehead atoms. The highest BCUT2D eigenvalue weighted by Crippen LogP contribution is 2.26. The molecule has 2 nitrogen and oxygen atoms in total. The molecule has 1 aromatic rings. The Balaban J connectivity index is 1.81. The average Bonchev–Trinajstić information content (AvgIpc) is 2.45. The second-order valence-corrected chi connectivity index (χ2v) is 5.93. The fourth-order valence-corrected chi connectivity index (χ4v) is 2.87. The predicted octanol–water partition coefficient (Wildman–Crippen LogP) is 3.84. The molecule has 0 spiro atoms. The van der Waals surface area contributed by atoms with Crippen molar-refractivity contribution in [2.24, 2.45) is 11.7 Å². The van der Waals surface area contributed by atoms with Gasteiger partial charge in [0, 0.05) is 0 Å². The van der Waals surface area contributed by atoms with E-state index < -0.39 is 0 Å². The highest BCUT2D eigenvalue weighted by molar-refractivity contribution is 5.24. The Bertz CT molecular complexity index is 373. The maximum absolute atomic E-state index is 6.21. The molecule has 1 aromatic carbocycles. The van der Waals surface area contributed by atoms with Crippen molar-refractivity contribution in [2.75, 3.05) is 6.61 Å². The number of nitrogens with two attached hydrogens (primary N) is 1. The fourth-order valence-electron chi connectivity index (χ4n) is 2.87. The molecule has 1 saturated carbocycles. The summed E-state index contributed by atoms with van der Waals surface area (Å²) in [4.78, 5) is 0. The lowest BCUT2D eigenvalue weighted by atomic mass is 9.89. The van der Waals surface area contributed by atoms with Crippen molar-refractivity contribution in [2.45, 2.75) is 58.1 Å². The minimum Gasteiger partial charge on any atom is -0.376 e. The van der Waals surface area contributed by atoms with Gasteiger partial charge in [-0.2, -0.15) is 0 Å². The second kappa shape index (κ2) is 7.06. The monoisotopic (exact) mass is 261 g/mol. The number of hydrogen-bond donors (Lipinski definition) is 1. The summed E-state index contributed by atoms with van der Waals surface area (Å²) in [5.41, 5.74) is 8.75. The van der Waals surface area contributed by atoms with E-state index in [0.717, 1.165) is 12.3 Å². The summed E-state index contributed by atoms with van der Waals surface area (Å²) in [6.45, 7) is 5.13. The van der Waals surface area contributed by atoms with E-state index in [-0.39, 0.29) is 6.04 Å². The molecule has 1 aliphatic rings. The van der Waals surface area contributed by atoms with Crippen molar-refractivity contribution in [3.05, 3.63) is 35.4 Å². The summed E-state index contributed by atoms with van der Waals surface area (Å²) >= 11 is 0. The first kappa shape index (κ1) is 14.5. The summed E-state index contributed by atoms with van der Waals surface area (Å²) in [5, 5.41) is 0. The average molecular weight is 261 g/mol. The van der Waals surface area contributed by atoms with Gasteiger partial charge in [-0.05, 0) is 36.3 Å². The van der Waals surface area contributed by atoms with Gasteiger partial charge in [-0.15, -0.1) is 0 Å². The van der Waals surface area contributed by atoms with Crippen LogP contribution in [0.3, 0.4) is 0 Å². The minimum atomic E-state index is 0.00291. The van der Waals surface area contributed by atoms with E-state index in [1.165, 1.54) is 36.8 Å². The Morgan fingerprint density at radius 3 is 2.63 bits per heavy atom. The molecular formula is C17H27NO. The maximum Gasteiger partial charge on any atom is 0.0663 e.